The number of nitriles is 1. The van der Waals surface area contributed by atoms with Crippen molar-refractivity contribution in [1.29, 1.82) is 5.26 Å². The van der Waals surface area contributed by atoms with Crippen LogP contribution in [0.1, 0.15) is 16.7 Å². The summed E-state index contributed by atoms with van der Waals surface area (Å²) in [6.07, 6.45) is 1.41. The predicted octanol–water partition coefficient (Wildman–Crippen LogP) is 4.19. The number of anilines is 1. The van der Waals surface area contributed by atoms with Gasteiger partial charge in [0.1, 0.15) is 23.2 Å². The number of benzene rings is 2. The van der Waals surface area contributed by atoms with Crippen LogP contribution in [-0.2, 0) is 0 Å². The van der Waals surface area contributed by atoms with Gasteiger partial charge in [0, 0.05) is 11.6 Å². The van der Waals surface area contributed by atoms with E-state index in [1.165, 1.54) is 10.9 Å². The van der Waals surface area contributed by atoms with E-state index in [9.17, 15) is 5.26 Å². The van der Waals surface area contributed by atoms with Crippen molar-refractivity contribution in [3.8, 4) is 34.9 Å². The van der Waals surface area contributed by atoms with Crippen molar-refractivity contribution in [2.75, 3.05) is 5.73 Å². The highest BCUT2D eigenvalue weighted by atomic mass is 16.5. The molecule has 0 unspecified atom stereocenters. The monoisotopic (exact) mass is 382 g/mol. The van der Waals surface area contributed by atoms with Gasteiger partial charge in [-0.2, -0.15) is 20.0 Å². The van der Waals surface area contributed by atoms with Gasteiger partial charge in [-0.1, -0.05) is 42.5 Å². The van der Waals surface area contributed by atoms with Gasteiger partial charge >= 0.3 is 0 Å². The summed E-state index contributed by atoms with van der Waals surface area (Å²) in [7, 11) is 0. The van der Waals surface area contributed by atoms with Crippen molar-refractivity contribution in [2.45, 2.75) is 13.8 Å². The SMILES string of the molecule is Cc1ccc(C)c(Oc2cc(-n3ncc(C#N)c3N)nc(-c3ccccc3)n2)c1. The first-order valence-electron chi connectivity index (χ1n) is 8.99. The molecule has 142 valence electrons. The average molecular weight is 382 g/mol. The molecule has 29 heavy (non-hydrogen) atoms. The Kier molecular flexibility index (Phi) is 4.67. The summed E-state index contributed by atoms with van der Waals surface area (Å²) in [5.41, 5.74) is 9.23. The van der Waals surface area contributed by atoms with Crippen LogP contribution in [0.25, 0.3) is 17.2 Å². The molecule has 0 aliphatic rings. The molecule has 0 amide bonds. The fourth-order valence-electron chi connectivity index (χ4n) is 2.85. The summed E-state index contributed by atoms with van der Waals surface area (Å²) in [4.78, 5) is 9.16. The molecule has 0 spiro atoms. The Morgan fingerprint density at radius 1 is 1.03 bits per heavy atom. The van der Waals surface area contributed by atoms with E-state index >= 15 is 0 Å². The van der Waals surface area contributed by atoms with E-state index in [1.54, 1.807) is 6.07 Å². The number of aromatic nitrogens is 4. The smallest absolute Gasteiger partial charge is 0.225 e. The number of ether oxygens (including phenoxy) is 1. The Balaban J connectivity index is 1.85. The second kappa shape index (κ2) is 7.44. The lowest BCUT2D eigenvalue weighted by Crippen LogP contribution is -2.07. The van der Waals surface area contributed by atoms with Crippen molar-refractivity contribution in [3.63, 3.8) is 0 Å². The van der Waals surface area contributed by atoms with Gasteiger partial charge in [-0.05, 0) is 31.0 Å². The van der Waals surface area contributed by atoms with Crippen molar-refractivity contribution in [1.82, 2.24) is 19.7 Å². The van der Waals surface area contributed by atoms with Gasteiger partial charge in [0.25, 0.3) is 0 Å². The van der Waals surface area contributed by atoms with Crippen molar-refractivity contribution in [3.05, 3.63) is 77.5 Å². The van der Waals surface area contributed by atoms with Crippen LogP contribution in [0.3, 0.4) is 0 Å². The maximum absolute atomic E-state index is 9.18. The van der Waals surface area contributed by atoms with Crippen molar-refractivity contribution in [2.24, 2.45) is 0 Å². The van der Waals surface area contributed by atoms with E-state index in [2.05, 4.69) is 15.1 Å². The number of rotatable bonds is 4. The highest BCUT2D eigenvalue weighted by Gasteiger charge is 2.15. The van der Waals surface area contributed by atoms with E-state index in [4.69, 9.17) is 10.5 Å². The molecule has 0 aliphatic heterocycles. The van der Waals surface area contributed by atoms with E-state index in [0.717, 1.165) is 16.7 Å². The van der Waals surface area contributed by atoms with E-state index in [1.807, 2.05) is 68.4 Å². The van der Waals surface area contributed by atoms with Crippen LogP contribution in [0.4, 0.5) is 5.82 Å². The maximum Gasteiger partial charge on any atom is 0.225 e. The summed E-state index contributed by atoms with van der Waals surface area (Å²) in [5, 5.41) is 13.4. The first-order chi connectivity index (χ1) is 14.0. The minimum Gasteiger partial charge on any atom is -0.439 e. The molecule has 0 fully saturated rings. The molecule has 7 nitrogen and oxygen atoms in total. The molecule has 7 heteroatoms. The van der Waals surface area contributed by atoms with Gasteiger partial charge < -0.3 is 10.5 Å². The Bertz CT molecular complexity index is 1220. The first-order valence-corrected chi connectivity index (χ1v) is 8.99. The molecule has 2 aromatic heterocycles. The number of nitrogens with two attached hydrogens (primary N) is 1. The number of hydrogen-bond acceptors (Lipinski definition) is 6. The van der Waals surface area contributed by atoms with Crippen LogP contribution in [0, 0.1) is 25.2 Å². The number of nitrogens with zero attached hydrogens (tertiary/aromatic N) is 5. The summed E-state index contributed by atoms with van der Waals surface area (Å²) in [6, 6.07) is 19.2. The third-order valence-electron chi connectivity index (χ3n) is 4.42. The van der Waals surface area contributed by atoms with Crippen molar-refractivity contribution < 1.29 is 4.74 Å². The molecular formula is C22H18N6O. The van der Waals surface area contributed by atoms with Crippen LogP contribution in [0.5, 0.6) is 11.6 Å². The van der Waals surface area contributed by atoms with E-state index in [0.29, 0.717) is 23.3 Å². The van der Waals surface area contributed by atoms with Gasteiger partial charge in [0.05, 0.1) is 6.20 Å². The van der Waals surface area contributed by atoms with Crippen LogP contribution in [0.2, 0.25) is 0 Å². The second-order valence-electron chi connectivity index (χ2n) is 6.59. The minimum absolute atomic E-state index is 0.211. The molecule has 0 radical (unpaired) electrons. The Labute approximate surface area is 168 Å². The van der Waals surface area contributed by atoms with E-state index in [-0.39, 0.29) is 11.4 Å². The standard InChI is InChI=1S/C22H18N6O/c1-14-8-9-15(2)18(10-14)29-20-11-19(28-21(24)17(12-23)13-25-28)26-22(27-20)16-6-4-3-5-7-16/h3-11,13H,24H2,1-2H3. The zero-order chi connectivity index (χ0) is 20.4. The maximum atomic E-state index is 9.18. The molecule has 0 saturated heterocycles. The van der Waals surface area contributed by atoms with E-state index < -0.39 is 0 Å². The zero-order valence-corrected chi connectivity index (χ0v) is 16.0. The minimum atomic E-state index is 0.211. The topological polar surface area (TPSA) is 103 Å². The Morgan fingerprint density at radius 3 is 2.55 bits per heavy atom. The first kappa shape index (κ1) is 18.2. The lowest BCUT2D eigenvalue weighted by molar-refractivity contribution is 0.458. The highest BCUT2D eigenvalue weighted by molar-refractivity contribution is 5.58. The lowest BCUT2D eigenvalue weighted by atomic mass is 10.1. The zero-order valence-electron chi connectivity index (χ0n) is 16.0. The third kappa shape index (κ3) is 3.64. The Hall–Kier alpha value is -4.18. The van der Waals surface area contributed by atoms with Crippen LogP contribution in [0.15, 0.2) is 60.8 Å². The van der Waals surface area contributed by atoms with Crippen molar-refractivity contribution >= 4 is 5.82 Å². The third-order valence-corrected chi connectivity index (χ3v) is 4.42. The second-order valence-corrected chi connectivity index (χ2v) is 6.59. The predicted molar refractivity (Wildman–Crippen MR) is 110 cm³/mol. The van der Waals surface area contributed by atoms with Crippen LogP contribution in [-0.4, -0.2) is 19.7 Å². The molecule has 0 saturated carbocycles. The normalized spacial score (nSPS) is 10.5. The number of nitrogen functional groups attached to an aromatic ring is 1. The highest BCUT2D eigenvalue weighted by Crippen LogP contribution is 2.28. The van der Waals surface area contributed by atoms with Gasteiger partial charge in [-0.3, -0.25) is 0 Å². The van der Waals surface area contributed by atoms with Gasteiger partial charge in [-0.15, -0.1) is 0 Å². The number of hydrogen-bond donors (Lipinski definition) is 1. The molecule has 0 aliphatic carbocycles. The molecule has 2 aromatic carbocycles. The molecule has 2 N–H and O–H groups in total. The van der Waals surface area contributed by atoms with Crippen LogP contribution < -0.4 is 10.5 Å². The largest absolute Gasteiger partial charge is 0.439 e. The lowest BCUT2D eigenvalue weighted by Gasteiger charge is -2.12. The molecule has 4 aromatic rings. The van der Waals surface area contributed by atoms with Crippen LogP contribution >= 0.6 is 0 Å². The Morgan fingerprint density at radius 2 is 1.83 bits per heavy atom. The number of aryl methyl sites for hydroxylation is 2. The summed E-state index contributed by atoms with van der Waals surface area (Å²) in [5.74, 6) is 2.16. The quantitative estimate of drug-likeness (QED) is 0.568. The molecule has 0 atom stereocenters. The fourth-order valence-corrected chi connectivity index (χ4v) is 2.85. The summed E-state index contributed by atoms with van der Waals surface area (Å²) >= 11 is 0. The summed E-state index contributed by atoms with van der Waals surface area (Å²) < 4.78 is 7.49. The van der Waals surface area contributed by atoms with Gasteiger partial charge in [0.2, 0.25) is 5.88 Å². The fraction of sp³-hybridized carbons (Fsp3) is 0.0909. The molecular weight excluding hydrogens is 364 g/mol. The average Bonchev–Trinajstić information content (AvgIpc) is 3.11. The molecule has 4 rings (SSSR count). The van der Waals surface area contributed by atoms with Gasteiger partial charge in [0.15, 0.2) is 11.6 Å². The van der Waals surface area contributed by atoms with Gasteiger partial charge in [-0.25, -0.2) is 4.98 Å². The summed E-state index contributed by atoms with van der Waals surface area (Å²) in [6.45, 7) is 3.97. The molecule has 0 bridgehead atoms. The molecule has 2 heterocycles.